The molecule has 3 nitrogen and oxygen atoms in total. The molecule has 0 saturated heterocycles. The highest BCUT2D eigenvalue weighted by Gasteiger charge is 2.01. The molecule has 0 spiro atoms. The molecule has 0 aromatic rings. The second-order valence-corrected chi connectivity index (χ2v) is 2.63. The van der Waals surface area contributed by atoms with Crippen LogP contribution in [0.5, 0.6) is 0 Å². The van der Waals surface area contributed by atoms with Crippen molar-refractivity contribution in [3.63, 3.8) is 0 Å². The van der Waals surface area contributed by atoms with Crippen LogP contribution < -0.4 is 0 Å². The van der Waals surface area contributed by atoms with E-state index in [1.807, 2.05) is 19.9 Å². The van der Waals surface area contributed by atoms with E-state index in [2.05, 4.69) is 0 Å². The summed E-state index contributed by atoms with van der Waals surface area (Å²) >= 11 is 0. The van der Waals surface area contributed by atoms with Crippen LogP contribution in [0.4, 0.5) is 0 Å². The molecule has 13 heavy (non-hydrogen) atoms. The monoisotopic (exact) mass is 177 g/mol. The maximum atomic E-state index is 10.3. The summed E-state index contributed by atoms with van der Waals surface area (Å²) in [5, 5.41) is 16.8. The Morgan fingerprint density at radius 3 is 2.23 bits per heavy atom. The van der Waals surface area contributed by atoms with E-state index in [1.54, 1.807) is 12.1 Å². The van der Waals surface area contributed by atoms with Crippen molar-refractivity contribution in [1.29, 1.82) is 5.26 Å². The highest BCUT2D eigenvalue weighted by molar-refractivity contribution is 5.91. The second kappa shape index (κ2) is 5.78. The van der Waals surface area contributed by atoms with Crippen molar-refractivity contribution < 1.29 is 9.90 Å². The van der Waals surface area contributed by atoms with Crippen LogP contribution in [0.1, 0.15) is 13.8 Å². The van der Waals surface area contributed by atoms with Crippen LogP contribution in [0.2, 0.25) is 0 Å². The summed E-state index contributed by atoms with van der Waals surface area (Å²) in [6.45, 7) is 3.85. The number of hydrogen-bond donors (Lipinski definition) is 1. The zero-order valence-corrected chi connectivity index (χ0v) is 7.61. The molecule has 0 saturated carbocycles. The predicted octanol–water partition coefficient (Wildman–Crippen LogP) is 2.04. The Labute approximate surface area is 77.3 Å². The number of carboxylic acids is 1. The van der Waals surface area contributed by atoms with Crippen molar-refractivity contribution in [3.05, 3.63) is 35.5 Å². The minimum Gasteiger partial charge on any atom is -0.477 e. The van der Waals surface area contributed by atoms with Crippen molar-refractivity contribution in [2.24, 2.45) is 0 Å². The summed E-state index contributed by atoms with van der Waals surface area (Å²) in [6.07, 6.45) is 6.31. The number of carboxylic acid groups (broad SMARTS) is 1. The van der Waals surface area contributed by atoms with Gasteiger partial charge >= 0.3 is 5.97 Å². The minimum atomic E-state index is -1.20. The predicted molar refractivity (Wildman–Crippen MR) is 49.9 cm³/mol. The van der Waals surface area contributed by atoms with Crippen molar-refractivity contribution in [2.75, 3.05) is 0 Å². The van der Waals surface area contributed by atoms with Crippen molar-refractivity contribution >= 4 is 5.97 Å². The summed E-state index contributed by atoms with van der Waals surface area (Å²) in [6, 6.07) is 1.58. The number of hydrogen-bond acceptors (Lipinski definition) is 2. The van der Waals surface area contributed by atoms with Gasteiger partial charge in [-0.1, -0.05) is 23.8 Å². The third-order valence-corrected chi connectivity index (χ3v) is 1.15. The first-order chi connectivity index (χ1) is 6.07. The number of rotatable bonds is 3. The third kappa shape index (κ3) is 5.45. The van der Waals surface area contributed by atoms with Gasteiger partial charge in [-0.3, -0.25) is 0 Å². The summed E-state index contributed by atoms with van der Waals surface area (Å²) in [5.74, 6) is -1.20. The highest BCUT2D eigenvalue weighted by Crippen LogP contribution is 1.94. The Morgan fingerprint density at radius 1 is 1.31 bits per heavy atom. The van der Waals surface area contributed by atoms with E-state index in [-0.39, 0.29) is 5.57 Å². The SMILES string of the molecule is CC(C)=CC=CC=C(C#N)C(=O)O. The van der Waals surface area contributed by atoms with Gasteiger partial charge < -0.3 is 5.11 Å². The zero-order chi connectivity index (χ0) is 10.3. The number of nitrogens with zero attached hydrogens (tertiary/aromatic N) is 1. The molecule has 0 aromatic carbocycles. The summed E-state index contributed by atoms with van der Waals surface area (Å²) in [5.41, 5.74) is 0.844. The molecule has 3 heteroatoms. The Morgan fingerprint density at radius 2 is 1.85 bits per heavy atom. The van der Waals surface area contributed by atoms with Crippen molar-refractivity contribution in [3.8, 4) is 6.07 Å². The van der Waals surface area contributed by atoms with E-state index in [0.717, 1.165) is 5.57 Å². The van der Waals surface area contributed by atoms with Crippen LogP contribution >= 0.6 is 0 Å². The molecule has 0 unspecified atom stereocenters. The number of carbonyl (C=O) groups is 1. The molecule has 1 N–H and O–H groups in total. The van der Waals surface area contributed by atoms with E-state index in [4.69, 9.17) is 10.4 Å². The molecule has 0 aliphatic heterocycles. The van der Waals surface area contributed by atoms with Gasteiger partial charge in [0, 0.05) is 0 Å². The van der Waals surface area contributed by atoms with E-state index >= 15 is 0 Å². The Hall–Kier alpha value is -1.82. The van der Waals surface area contributed by atoms with Crippen LogP contribution in [0.15, 0.2) is 35.5 Å². The lowest BCUT2D eigenvalue weighted by Crippen LogP contribution is -1.96. The molecule has 0 aromatic heterocycles. The highest BCUT2D eigenvalue weighted by atomic mass is 16.4. The van der Waals surface area contributed by atoms with Gasteiger partial charge in [0.1, 0.15) is 11.6 Å². The van der Waals surface area contributed by atoms with Gasteiger partial charge in [-0.05, 0) is 19.9 Å². The quantitative estimate of drug-likeness (QED) is 0.407. The normalized spacial score (nSPS) is 11.0. The number of allylic oxidation sites excluding steroid dienone is 5. The van der Waals surface area contributed by atoms with Gasteiger partial charge in [0.2, 0.25) is 0 Å². The van der Waals surface area contributed by atoms with Gasteiger partial charge in [-0.25, -0.2) is 4.79 Å². The Kier molecular flexibility index (Phi) is 4.97. The van der Waals surface area contributed by atoms with Crippen LogP contribution in [-0.2, 0) is 4.79 Å². The largest absolute Gasteiger partial charge is 0.477 e. The van der Waals surface area contributed by atoms with E-state index in [0.29, 0.717) is 0 Å². The number of nitriles is 1. The summed E-state index contributed by atoms with van der Waals surface area (Å²) < 4.78 is 0. The molecular formula is C10H11NO2. The second-order valence-electron chi connectivity index (χ2n) is 2.63. The molecule has 0 amide bonds. The molecule has 0 fully saturated rings. The first-order valence-corrected chi connectivity index (χ1v) is 3.73. The first-order valence-electron chi connectivity index (χ1n) is 3.73. The molecule has 0 aliphatic carbocycles. The number of aliphatic carboxylic acids is 1. The Balaban J connectivity index is 4.42. The fourth-order valence-electron chi connectivity index (χ4n) is 0.556. The Bertz CT molecular complexity index is 312. The minimum absolute atomic E-state index is 0.265. The molecule has 0 radical (unpaired) electrons. The van der Waals surface area contributed by atoms with E-state index in [9.17, 15) is 4.79 Å². The molecule has 0 atom stereocenters. The fourth-order valence-corrected chi connectivity index (χ4v) is 0.556. The van der Waals surface area contributed by atoms with Gasteiger partial charge in [0.05, 0.1) is 0 Å². The van der Waals surface area contributed by atoms with Crippen molar-refractivity contribution in [1.82, 2.24) is 0 Å². The molecule has 0 aliphatic rings. The lowest BCUT2D eigenvalue weighted by Gasteiger charge is -1.84. The van der Waals surface area contributed by atoms with Gasteiger partial charge in [0.25, 0.3) is 0 Å². The third-order valence-electron chi connectivity index (χ3n) is 1.15. The van der Waals surface area contributed by atoms with Crippen LogP contribution in [0.25, 0.3) is 0 Å². The van der Waals surface area contributed by atoms with Gasteiger partial charge in [-0.2, -0.15) is 5.26 Å². The molecule has 68 valence electrons. The lowest BCUT2D eigenvalue weighted by atomic mass is 10.2. The maximum Gasteiger partial charge on any atom is 0.346 e. The van der Waals surface area contributed by atoms with E-state index in [1.165, 1.54) is 12.2 Å². The first kappa shape index (κ1) is 11.2. The van der Waals surface area contributed by atoms with Gasteiger partial charge in [0.15, 0.2) is 0 Å². The molecule has 0 bridgehead atoms. The average Bonchev–Trinajstić information content (AvgIpc) is 2.03. The van der Waals surface area contributed by atoms with Crippen molar-refractivity contribution in [2.45, 2.75) is 13.8 Å². The average molecular weight is 177 g/mol. The summed E-state index contributed by atoms with van der Waals surface area (Å²) in [4.78, 5) is 10.3. The van der Waals surface area contributed by atoms with E-state index < -0.39 is 5.97 Å². The maximum absolute atomic E-state index is 10.3. The van der Waals surface area contributed by atoms with Crippen LogP contribution in [0, 0.1) is 11.3 Å². The van der Waals surface area contributed by atoms with Gasteiger partial charge in [-0.15, -0.1) is 0 Å². The lowest BCUT2D eigenvalue weighted by molar-refractivity contribution is -0.132. The topological polar surface area (TPSA) is 61.1 Å². The molecule has 0 heterocycles. The fraction of sp³-hybridized carbons (Fsp3) is 0.200. The standard InChI is InChI=1S/C10H11NO2/c1-8(2)5-3-4-6-9(7-11)10(12)13/h3-6H,1-2H3,(H,12,13). The molecular weight excluding hydrogens is 166 g/mol. The van der Waals surface area contributed by atoms with Crippen LogP contribution in [-0.4, -0.2) is 11.1 Å². The van der Waals surface area contributed by atoms with Crippen LogP contribution in [0.3, 0.4) is 0 Å². The zero-order valence-electron chi connectivity index (χ0n) is 7.61. The summed E-state index contributed by atoms with van der Waals surface area (Å²) in [7, 11) is 0. The smallest absolute Gasteiger partial charge is 0.346 e. The molecule has 0 rings (SSSR count).